The van der Waals surface area contributed by atoms with Crippen molar-refractivity contribution in [3.8, 4) is 0 Å². The van der Waals surface area contributed by atoms with Crippen molar-refractivity contribution in [2.24, 2.45) is 28.6 Å². The van der Waals surface area contributed by atoms with E-state index in [1.807, 2.05) is 6.08 Å². The van der Waals surface area contributed by atoms with E-state index >= 15 is 0 Å². The molecule has 2 spiro atoms. The van der Waals surface area contributed by atoms with Crippen LogP contribution < -0.4 is 0 Å². The molecule has 6 aliphatic rings. The smallest absolute Gasteiger partial charge is 0.306 e. The van der Waals surface area contributed by atoms with E-state index in [4.69, 9.17) is 9.47 Å². The molecule has 2 saturated heterocycles. The molecule has 26 heavy (non-hydrogen) atoms. The Labute approximate surface area is 154 Å². The van der Waals surface area contributed by atoms with Gasteiger partial charge in [0.1, 0.15) is 5.60 Å². The first-order chi connectivity index (χ1) is 12.5. The van der Waals surface area contributed by atoms with Gasteiger partial charge in [-0.2, -0.15) is 0 Å². The Bertz CT molecular complexity index is 740. The summed E-state index contributed by atoms with van der Waals surface area (Å²) < 4.78 is 12.6. The van der Waals surface area contributed by atoms with E-state index in [1.54, 1.807) is 0 Å². The minimum absolute atomic E-state index is 0.00258. The highest BCUT2D eigenvalue weighted by atomic mass is 16.6. The van der Waals surface area contributed by atoms with Crippen LogP contribution in [0.4, 0.5) is 0 Å². The van der Waals surface area contributed by atoms with Gasteiger partial charge in [-0.1, -0.05) is 12.5 Å². The van der Waals surface area contributed by atoms with E-state index in [9.17, 15) is 9.59 Å². The van der Waals surface area contributed by atoms with Crippen LogP contribution in [-0.4, -0.2) is 30.1 Å². The first-order valence-electron chi connectivity index (χ1n) is 10.5. The van der Waals surface area contributed by atoms with Crippen LogP contribution in [0.25, 0.3) is 0 Å². The van der Waals surface area contributed by atoms with Crippen LogP contribution >= 0.6 is 0 Å². The lowest BCUT2D eigenvalue weighted by Gasteiger charge is -2.58. The number of rotatable bonds is 0. The van der Waals surface area contributed by atoms with Crippen LogP contribution in [0.2, 0.25) is 0 Å². The molecule has 2 bridgehead atoms. The third kappa shape index (κ3) is 1.67. The van der Waals surface area contributed by atoms with Gasteiger partial charge in [-0.25, -0.2) is 0 Å². The molecule has 2 aliphatic heterocycles. The molecule has 0 aromatic carbocycles. The number of hydrogen-bond donors (Lipinski definition) is 0. The minimum atomic E-state index is -0.242. The molecular weight excluding hydrogens is 328 g/mol. The third-order valence-electron chi connectivity index (χ3n) is 9.46. The van der Waals surface area contributed by atoms with Gasteiger partial charge in [0.05, 0.1) is 12.7 Å². The van der Waals surface area contributed by atoms with Crippen LogP contribution in [0.1, 0.15) is 64.7 Å². The highest BCUT2D eigenvalue weighted by molar-refractivity contribution is 5.91. The number of esters is 1. The molecule has 0 N–H and O–H groups in total. The zero-order chi connectivity index (χ0) is 17.7. The van der Waals surface area contributed by atoms with E-state index < -0.39 is 0 Å². The van der Waals surface area contributed by atoms with Gasteiger partial charge in [-0.05, 0) is 74.2 Å². The van der Waals surface area contributed by atoms with Gasteiger partial charge in [0.25, 0.3) is 0 Å². The van der Waals surface area contributed by atoms with Crippen molar-refractivity contribution < 1.29 is 19.1 Å². The normalized spacial score (nSPS) is 54.6. The summed E-state index contributed by atoms with van der Waals surface area (Å²) in [5, 5.41) is 0. The second-order valence-electron chi connectivity index (χ2n) is 10.1. The zero-order valence-electron chi connectivity index (χ0n) is 15.6. The van der Waals surface area contributed by atoms with Crippen molar-refractivity contribution in [2.45, 2.75) is 76.4 Å². The molecule has 0 aromatic heterocycles. The molecule has 4 aliphatic carbocycles. The average molecular weight is 356 g/mol. The standard InChI is InChI=1S/C22H28O4/c1-20-7-4-14(23)10-13(20)2-3-15-16-5-8-22(9-6-18(24)26-22)21(16)11-17(19(15)20)25-12-21/h10,15-17,19H,2-9,11-12H2,1H3/t15?,16?,17?,19-,20?,21?,22-/m1/s1. The average Bonchev–Trinajstić information content (AvgIpc) is 3.28. The molecule has 5 unspecified atom stereocenters. The molecule has 0 amide bonds. The first-order valence-corrected chi connectivity index (χ1v) is 10.5. The van der Waals surface area contributed by atoms with Gasteiger partial charge in [-0.15, -0.1) is 0 Å². The fourth-order valence-electron chi connectivity index (χ4n) is 8.39. The summed E-state index contributed by atoms with van der Waals surface area (Å²) in [4.78, 5) is 24.0. The van der Waals surface area contributed by atoms with Crippen LogP contribution in [0, 0.1) is 28.6 Å². The summed E-state index contributed by atoms with van der Waals surface area (Å²) in [7, 11) is 0. The molecule has 0 radical (unpaired) electrons. The highest BCUT2D eigenvalue weighted by Crippen LogP contribution is 2.72. The second kappa shape index (κ2) is 4.81. The van der Waals surface area contributed by atoms with Crippen LogP contribution in [0.15, 0.2) is 11.6 Å². The molecular formula is C22H28O4. The largest absolute Gasteiger partial charge is 0.458 e. The minimum Gasteiger partial charge on any atom is -0.458 e. The van der Waals surface area contributed by atoms with Crippen molar-refractivity contribution in [2.75, 3.05) is 6.61 Å². The van der Waals surface area contributed by atoms with Gasteiger partial charge < -0.3 is 9.47 Å². The van der Waals surface area contributed by atoms with E-state index in [2.05, 4.69) is 6.92 Å². The van der Waals surface area contributed by atoms with Crippen molar-refractivity contribution in [1.29, 1.82) is 0 Å². The van der Waals surface area contributed by atoms with E-state index in [-0.39, 0.29) is 28.5 Å². The van der Waals surface area contributed by atoms with Crippen molar-refractivity contribution in [3.63, 3.8) is 0 Å². The molecule has 3 saturated carbocycles. The lowest BCUT2D eigenvalue weighted by atomic mass is 9.46. The second-order valence-corrected chi connectivity index (χ2v) is 10.1. The van der Waals surface area contributed by atoms with Crippen LogP contribution in [-0.2, 0) is 19.1 Å². The van der Waals surface area contributed by atoms with E-state index in [0.29, 0.717) is 36.4 Å². The van der Waals surface area contributed by atoms with Crippen LogP contribution in [0.3, 0.4) is 0 Å². The summed E-state index contributed by atoms with van der Waals surface area (Å²) in [5.74, 6) is 2.12. The quantitative estimate of drug-likeness (QED) is 0.623. The maximum Gasteiger partial charge on any atom is 0.306 e. The summed E-state index contributed by atoms with van der Waals surface area (Å²) in [6, 6.07) is 0. The number of carbonyl (C=O) groups excluding carboxylic acids is 2. The summed E-state index contributed by atoms with van der Waals surface area (Å²) in [6.45, 7) is 3.17. The monoisotopic (exact) mass is 356 g/mol. The van der Waals surface area contributed by atoms with Crippen molar-refractivity contribution >= 4 is 11.8 Å². The molecule has 4 nitrogen and oxygen atoms in total. The van der Waals surface area contributed by atoms with Gasteiger partial charge in [0, 0.05) is 18.3 Å². The van der Waals surface area contributed by atoms with Crippen molar-refractivity contribution in [3.05, 3.63) is 11.6 Å². The number of ether oxygens (including phenoxy) is 2. The Morgan fingerprint density at radius 2 is 1.96 bits per heavy atom. The SMILES string of the molecule is CC12CCC(=O)C=C1CCC1C3CC[C@@]4(CCC(=O)O4)C34COC(C4)[C@@H]12. The fraction of sp³-hybridized carbons (Fsp3) is 0.818. The predicted octanol–water partition coefficient (Wildman–Crippen LogP) is 3.58. The molecule has 6 rings (SSSR count). The number of carbonyl (C=O) groups is 2. The summed E-state index contributed by atoms with van der Waals surface area (Å²) in [6.07, 6.45) is 10.9. The molecule has 2 heterocycles. The number of fused-ring (bicyclic) bond motifs is 6. The zero-order valence-corrected chi connectivity index (χ0v) is 15.6. The third-order valence-corrected chi connectivity index (χ3v) is 9.46. The van der Waals surface area contributed by atoms with Gasteiger partial charge in [-0.3, -0.25) is 9.59 Å². The maximum absolute atomic E-state index is 12.0. The maximum atomic E-state index is 12.0. The van der Waals surface area contributed by atoms with Gasteiger partial charge >= 0.3 is 5.97 Å². The molecule has 7 atom stereocenters. The summed E-state index contributed by atoms with van der Waals surface area (Å²) in [5.41, 5.74) is 1.33. The first kappa shape index (κ1) is 15.9. The number of allylic oxidation sites excluding steroid dienone is 1. The Hall–Kier alpha value is -1.16. The number of hydrogen-bond acceptors (Lipinski definition) is 4. The predicted molar refractivity (Wildman–Crippen MR) is 94.2 cm³/mol. The lowest BCUT2D eigenvalue weighted by Crippen LogP contribution is -2.57. The number of ketones is 1. The van der Waals surface area contributed by atoms with Gasteiger partial charge in [0.2, 0.25) is 0 Å². The van der Waals surface area contributed by atoms with Crippen LogP contribution in [0.5, 0.6) is 0 Å². The topological polar surface area (TPSA) is 52.6 Å². The van der Waals surface area contributed by atoms with Crippen molar-refractivity contribution in [1.82, 2.24) is 0 Å². The summed E-state index contributed by atoms with van der Waals surface area (Å²) >= 11 is 0. The molecule has 140 valence electrons. The van der Waals surface area contributed by atoms with E-state index in [1.165, 1.54) is 18.4 Å². The Balaban J connectivity index is 1.42. The lowest BCUT2D eigenvalue weighted by molar-refractivity contribution is -0.164. The fourth-order valence-corrected chi connectivity index (χ4v) is 8.39. The molecule has 5 fully saturated rings. The van der Waals surface area contributed by atoms with Gasteiger partial charge in [0.15, 0.2) is 5.78 Å². The highest BCUT2D eigenvalue weighted by Gasteiger charge is 2.73. The Kier molecular flexibility index (Phi) is 2.93. The van der Waals surface area contributed by atoms with E-state index in [0.717, 1.165) is 38.7 Å². The molecule has 0 aromatic rings. The molecule has 4 heteroatoms. The Morgan fingerprint density at radius 1 is 1.08 bits per heavy atom. The Morgan fingerprint density at radius 3 is 2.77 bits per heavy atom.